The molecule has 0 aliphatic heterocycles. The quantitative estimate of drug-likeness (QED) is 0.861. The minimum Gasteiger partial charge on any atom is -0.324 e. The van der Waals surface area contributed by atoms with Crippen molar-refractivity contribution in [3.05, 3.63) is 68.8 Å². The molecule has 1 nitrogen and oxygen atoms in total. The molecular formula is C20H27N. The first-order chi connectivity index (χ1) is 9.82. The van der Waals surface area contributed by atoms with Crippen LogP contribution in [0, 0.1) is 41.5 Å². The van der Waals surface area contributed by atoms with Crippen molar-refractivity contribution in [2.75, 3.05) is 0 Å². The summed E-state index contributed by atoms with van der Waals surface area (Å²) >= 11 is 0. The van der Waals surface area contributed by atoms with E-state index in [0.717, 1.165) is 6.42 Å². The van der Waals surface area contributed by atoms with E-state index in [-0.39, 0.29) is 6.04 Å². The lowest BCUT2D eigenvalue weighted by Gasteiger charge is -2.23. The van der Waals surface area contributed by atoms with Crippen LogP contribution in [0.3, 0.4) is 0 Å². The van der Waals surface area contributed by atoms with E-state index < -0.39 is 0 Å². The lowest BCUT2D eigenvalue weighted by atomic mass is 9.85. The Bertz CT molecular complexity index is 622. The number of aryl methyl sites for hydroxylation is 1. The van der Waals surface area contributed by atoms with E-state index in [1.54, 1.807) is 0 Å². The van der Waals surface area contributed by atoms with E-state index in [1.807, 2.05) is 0 Å². The molecule has 2 aromatic carbocycles. The van der Waals surface area contributed by atoms with Gasteiger partial charge >= 0.3 is 0 Å². The van der Waals surface area contributed by atoms with E-state index in [4.69, 9.17) is 5.73 Å². The minimum atomic E-state index is 0.0608. The third-order valence-corrected chi connectivity index (χ3v) is 5.01. The van der Waals surface area contributed by atoms with Crippen molar-refractivity contribution in [3.8, 4) is 0 Å². The van der Waals surface area contributed by atoms with Crippen LogP contribution in [0.2, 0.25) is 0 Å². The minimum absolute atomic E-state index is 0.0608. The molecule has 0 radical (unpaired) electrons. The predicted molar refractivity (Wildman–Crippen MR) is 91.9 cm³/mol. The van der Waals surface area contributed by atoms with E-state index in [1.165, 1.54) is 44.5 Å². The molecule has 21 heavy (non-hydrogen) atoms. The van der Waals surface area contributed by atoms with E-state index in [2.05, 4.69) is 65.8 Å². The van der Waals surface area contributed by atoms with Gasteiger partial charge in [0.1, 0.15) is 0 Å². The second kappa shape index (κ2) is 6.03. The van der Waals surface area contributed by atoms with Gasteiger partial charge in [0.2, 0.25) is 0 Å². The van der Waals surface area contributed by atoms with Crippen LogP contribution in [0.25, 0.3) is 0 Å². The van der Waals surface area contributed by atoms with Gasteiger partial charge in [-0.3, -0.25) is 0 Å². The molecule has 2 rings (SSSR count). The lowest BCUT2D eigenvalue weighted by molar-refractivity contribution is 0.708. The first-order valence-corrected chi connectivity index (χ1v) is 7.71. The van der Waals surface area contributed by atoms with Gasteiger partial charge in [-0.1, -0.05) is 29.8 Å². The fourth-order valence-corrected chi connectivity index (χ4v) is 3.17. The maximum Gasteiger partial charge on any atom is 0.0341 e. The average Bonchev–Trinajstić information content (AvgIpc) is 2.46. The second-order valence-electron chi connectivity index (χ2n) is 6.33. The monoisotopic (exact) mass is 281 g/mol. The van der Waals surface area contributed by atoms with Crippen LogP contribution in [-0.4, -0.2) is 0 Å². The molecule has 0 fully saturated rings. The van der Waals surface area contributed by atoms with E-state index in [9.17, 15) is 0 Å². The Morgan fingerprint density at radius 2 is 1.14 bits per heavy atom. The van der Waals surface area contributed by atoms with Gasteiger partial charge in [0.25, 0.3) is 0 Å². The van der Waals surface area contributed by atoms with Gasteiger partial charge in [-0.2, -0.15) is 0 Å². The highest BCUT2D eigenvalue weighted by atomic mass is 14.6. The summed E-state index contributed by atoms with van der Waals surface area (Å²) in [5, 5.41) is 0. The number of benzene rings is 2. The highest BCUT2D eigenvalue weighted by Crippen LogP contribution is 2.31. The van der Waals surface area contributed by atoms with E-state index >= 15 is 0 Å². The summed E-state index contributed by atoms with van der Waals surface area (Å²) in [4.78, 5) is 0. The molecule has 1 heteroatoms. The number of rotatable bonds is 3. The van der Waals surface area contributed by atoms with Crippen molar-refractivity contribution in [2.45, 2.75) is 54.0 Å². The molecule has 0 aromatic heterocycles. The zero-order valence-electron chi connectivity index (χ0n) is 14.2. The predicted octanol–water partition coefficient (Wildman–Crippen LogP) is 4.78. The highest BCUT2D eigenvalue weighted by Gasteiger charge is 2.17. The van der Waals surface area contributed by atoms with Gasteiger partial charge in [0.05, 0.1) is 0 Å². The molecule has 1 unspecified atom stereocenters. The largest absolute Gasteiger partial charge is 0.324 e. The summed E-state index contributed by atoms with van der Waals surface area (Å²) < 4.78 is 0. The molecule has 0 bridgehead atoms. The Hall–Kier alpha value is -1.60. The average molecular weight is 281 g/mol. The van der Waals surface area contributed by atoms with Gasteiger partial charge in [0.15, 0.2) is 0 Å². The Kier molecular flexibility index (Phi) is 4.53. The van der Waals surface area contributed by atoms with Crippen LogP contribution < -0.4 is 5.73 Å². The SMILES string of the molecule is Cc1ccc(CC(N)c2c(C)c(C)c(C)c(C)c2C)cc1. The molecule has 0 saturated heterocycles. The molecule has 112 valence electrons. The molecule has 0 saturated carbocycles. The van der Waals surface area contributed by atoms with Crippen molar-refractivity contribution in [1.82, 2.24) is 0 Å². The van der Waals surface area contributed by atoms with Crippen LogP contribution >= 0.6 is 0 Å². The number of hydrogen-bond donors (Lipinski definition) is 1. The van der Waals surface area contributed by atoms with Crippen LogP contribution in [0.1, 0.15) is 50.5 Å². The van der Waals surface area contributed by atoms with Crippen LogP contribution in [0.5, 0.6) is 0 Å². The maximum absolute atomic E-state index is 6.55. The topological polar surface area (TPSA) is 26.0 Å². The Labute approximate surface area is 129 Å². The summed E-state index contributed by atoms with van der Waals surface area (Å²) in [7, 11) is 0. The molecule has 2 aromatic rings. The number of nitrogens with two attached hydrogens (primary N) is 1. The summed E-state index contributed by atoms with van der Waals surface area (Å²) in [5.41, 5.74) is 17.4. The van der Waals surface area contributed by atoms with Crippen molar-refractivity contribution in [3.63, 3.8) is 0 Å². The summed E-state index contributed by atoms with van der Waals surface area (Å²) in [6.45, 7) is 13.2. The molecule has 0 spiro atoms. The standard InChI is InChI=1S/C20H27N/c1-12-7-9-18(10-8-12)11-19(21)20-16(5)14(3)13(2)15(4)17(20)6/h7-10,19H,11,21H2,1-6H3. The van der Waals surface area contributed by atoms with Gasteiger partial charge in [-0.05, 0) is 86.9 Å². The normalized spacial score (nSPS) is 12.5. The van der Waals surface area contributed by atoms with Crippen LogP contribution in [-0.2, 0) is 6.42 Å². The molecule has 2 N–H and O–H groups in total. The fourth-order valence-electron chi connectivity index (χ4n) is 3.17. The molecule has 0 amide bonds. The Morgan fingerprint density at radius 1 is 0.714 bits per heavy atom. The van der Waals surface area contributed by atoms with Gasteiger partial charge in [-0.15, -0.1) is 0 Å². The van der Waals surface area contributed by atoms with E-state index in [0.29, 0.717) is 0 Å². The van der Waals surface area contributed by atoms with Crippen molar-refractivity contribution in [1.29, 1.82) is 0 Å². The second-order valence-corrected chi connectivity index (χ2v) is 6.33. The van der Waals surface area contributed by atoms with Crippen LogP contribution in [0.4, 0.5) is 0 Å². The Morgan fingerprint density at radius 3 is 1.62 bits per heavy atom. The van der Waals surface area contributed by atoms with Gasteiger partial charge in [-0.25, -0.2) is 0 Å². The summed E-state index contributed by atoms with van der Waals surface area (Å²) in [5.74, 6) is 0. The first kappa shape index (κ1) is 15.8. The maximum atomic E-state index is 6.55. The molecule has 0 aliphatic carbocycles. The van der Waals surface area contributed by atoms with Crippen molar-refractivity contribution < 1.29 is 0 Å². The summed E-state index contributed by atoms with van der Waals surface area (Å²) in [6, 6.07) is 8.76. The zero-order chi connectivity index (χ0) is 15.7. The fraction of sp³-hybridized carbons (Fsp3) is 0.400. The molecule has 0 heterocycles. The Balaban J connectivity index is 2.39. The van der Waals surface area contributed by atoms with Crippen LogP contribution in [0.15, 0.2) is 24.3 Å². The van der Waals surface area contributed by atoms with Crippen molar-refractivity contribution in [2.24, 2.45) is 5.73 Å². The van der Waals surface area contributed by atoms with Gasteiger partial charge < -0.3 is 5.73 Å². The first-order valence-electron chi connectivity index (χ1n) is 7.71. The lowest BCUT2D eigenvalue weighted by Crippen LogP contribution is -2.18. The molecule has 1 atom stereocenters. The zero-order valence-corrected chi connectivity index (χ0v) is 14.2. The van der Waals surface area contributed by atoms with Gasteiger partial charge in [0, 0.05) is 6.04 Å². The summed E-state index contributed by atoms with van der Waals surface area (Å²) in [6.07, 6.45) is 0.893. The highest BCUT2D eigenvalue weighted by molar-refractivity contribution is 5.51. The number of hydrogen-bond acceptors (Lipinski definition) is 1. The molecule has 0 aliphatic rings. The smallest absolute Gasteiger partial charge is 0.0341 e. The molecular weight excluding hydrogens is 254 g/mol. The van der Waals surface area contributed by atoms with Crippen molar-refractivity contribution >= 4 is 0 Å². The third-order valence-electron chi connectivity index (χ3n) is 5.01. The third kappa shape index (κ3) is 3.03.